The van der Waals surface area contributed by atoms with Crippen molar-refractivity contribution < 1.29 is 9.59 Å². The molecule has 0 unspecified atom stereocenters. The summed E-state index contributed by atoms with van der Waals surface area (Å²) in [5, 5.41) is 10.2. The summed E-state index contributed by atoms with van der Waals surface area (Å²) in [6.45, 7) is 1.56. The lowest BCUT2D eigenvalue weighted by Gasteiger charge is -2.62. The Balaban J connectivity index is 1.18. The Labute approximate surface area is 186 Å². The minimum absolute atomic E-state index is 0.0701. The Kier molecular flexibility index (Phi) is 5.48. The standard InChI is InChI=1S/C24H30N2O2S2/c27-21(19-3-1-9-29-19)25-7-5-23-12-17-11-18(13-23)15-24(14-17,16-23)6-8-26-22(28)20-4-2-10-30-20/h1-4,9-10,17-18H,5-8,11-16H2,(H,25,27)(H,26,28). The van der Waals surface area contributed by atoms with E-state index in [1.54, 1.807) is 0 Å². The summed E-state index contributed by atoms with van der Waals surface area (Å²) in [7, 11) is 0. The maximum absolute atomic E-state index is 12.3. The normalized spacial score (nSPS) is 31.6. The molecule has 2 amide bonds. The predicted octanol–water partition coefficient (Wildman–Crippen LogP) is 5.34. The predicted molar refractivity (Wildman–Crippen MR) is 122 cm³/mol. The molecule has 4 bridgehead atoms. The van der Waals surface area contributed by atoms with Crippen molar-refractivity contribution in [3.63, 3.8) is 0 Å². The number of nitrogens with one attached hydrogen (secondary N) is 2. The second kappa shape index (κ2) is 8.12. The summed E-state index contributed by atoms with van der Waals surface area (Å²) in [5.41, 5.74) is 0.787. The maximum Gasteiger partial charge on any atom is 0.261 e. The van der Waals surface area contributed by atoms with Crippen LogP contribution < -0.4 is 10.6 Å². The van der Waals surface area contributed by atoms with Gasteiger partial charge in [-0.2, -0.15) is 0 Å². The summed E-state index contributed by atoms with van der Waals surface area (Å²) in [6.07, 6.45) is 10.2. The zero-order chi connectivity index (χ0) is 20.6. The van der Waals surface area contributed by atoms with Gasteiger partial charge in [0.15, 0.2) is 0 Å². The van der Waals surface area contributed by atoms with E-state index in [1.807, 2.05) is 35.0 Å². The van der Waals surface area contributed by atoms with Crippen molar-refractivity contribution >= 4 is 34.5 Å². The fourth-order valence-electron chi connectivity index (χ4n) is 7.11. The highest BCUT2D eigenvalue weighted by atomic mass is 32.1. The van der Waals surface area contributed by atoms with Crippen LogP contribution >= 0.6 is 22.7 Å². The molecule has 0 saturated heterocycles. The molecule has 30 heavy (non-hydrogen) atoms. The number of thiophene rings is 2. The van der Waals surface area contributed by atoms with E-state index in [2.05, 4.69) is 10.6 Å². The lowest BCUT2D eigenvalue weighted by atomic mass is 9.43. The number of carbonyl (C=O) groups excluding carboxylic acids is 2. The lowest BCUT2D eigenvalue weighted by Crippen LogP contribution is -2.53. The fourth-order valence-corrected chi connectivity index (χ4v) is 8.39. The molecule has 160 valence electrons. The maximum atomic E-state index is 12.3. The van der Waals surface area contributed by atoms with Crippen molar-refractivity contribution in [3.05, 3.63) is 44.8 Å². The smallest absolute Gasteiger partial charge is 0.261 e. The molecule has 0 atom stereocenters. The molecule has 4 fully saturated rings. The van der Waals surface area contributed by atoms with Crippen molar-refractivity contribution in [1.29, 1.82) is 0 Å². The second-order valence-electron chi connectivity index (χ2n) is 9.93. The summed E-state index contributed by atoms with van der Waals surface area (Å²) in [5.74, 6) is 1.82. The van der Waals surface area contributed by atoms with E-state index in [0.717, 1.165) is 47.5 Å². The molecule has 4 aliphatic carbocycles. The van der Waals surface area contributed by atoms with Crippen molar-refractivity contribution in [2.24, 2.45) is 22.7 Å². The van der Waals surface area contributed by atoms with E-state index in [-0.39, 0.29) is 11.8 Å². The first-order valence-corrected chi connectivity index (χ1v) is 12.9. The monoisotopic (exact) mass is 442 g/mol. The molecule has 0 radical (unpaired) electrons. The van der Waals surface area contributed by atoms with Crippen LogP contribution in [0.3, 0.4) is 0 Å². The topological polar surface area (TPSA) is 58.2 Å². The number of amides is 2. The molecule has 4 aliphatic rings. The first kappa shape index (κ1) is 20.3. The van der Waals surface area contributed by atoms with E-state index in [1.165, 1.54) is 61.2 Å². The van der Waals surface area contributed by atoms with Crippen LogP contribution in [0.1, 0.15) is 70.7 Å². The second-order valence-corrected chi connectivity index (χ2v) is 11.8. The van der Waals surface area contributed by atoms with Crippen LogP contribution in [0.2, 0.25) is 0 Å². The molecular formula is C24H30N2O2S2. The first-order valence-electron chi connectivity index (χ1n) is 11.2. The van der Waals surface area contributed by atoms with Gasteiger partial charge in [-0.25, -0.2) is 0 Å². The van der Waals surface area contributed by atoms with Crippen molar-refractivity contribution in [2.45, 2.75) is 51.4 Å². The summed E-state index contributed by atoms with van der Waals surface area (Å²) in [6, 6.07) is 7.65. The molecule has 4 saturated carbocycles. The van der Waals surface area contributed by atoms with Gasteiger partial charge < -0.3 is 10.6 Å². The van der Waals surface area contributed by atoms with Gasteiger partial charge in [0.2, 0.25) is 0 Å². The average molecular weight is 443 g/mol. The van der Waals surface area contributed by atoms with E-state index in [9.17, 15) is 9.59 Å². The Morgan fingerprint density at radius 2 is 1.30 bits per heavy atom. The Morgan fingerprint density at radius 3 is 1.70 bits per heavy atom. The van der Waals surface area contributed by atoms with Gasteiger partial charge in [0, 0.05) is 13.1 Å². The number of hydrogen-bond acceptors (Lipinski definition) is 4. The molecule has 2 aromatic rings. The fraction of sp³-hybridized carbons (Fsp3) is 0.583. The molecule has 0 aromatic carbocycles. The van der Waals surface area contributed by atoms with Crippen LogP contribution in [-0.2, 0) is 0 Å². The van der Waals surface area contributed by atoms with Gasteiger partial charge >= 0.3 is 0 Å². The van der Waals surface area contributed by atoms with Gasteiger partial charge in [-0.1, -0.05) is 12.1 Å². The van der Waals surface area contributed by atoms with Crippen LogP contribution in [0.5, 0.6) is 0 Å². The molecule has 6 heteroatoms. The van der Waals surface area contributed by atoms with Gasteiger partial charge in [0.1, 0.15) is 0 Å². The van der Waals surface area contributed by atoms with Crippen LogP contribution in [0, 0.1) is 22.7 Å². The number of rotatable bonds is 8. The molecule has 2 heterocycles. The molecule has 2 aromatic heterocycles. The molecular weight excluding hydrogens is 412 g/mol. The van der Waals surface area contributed by atoms with E-state index >= 15 is 0 Å². The highest BCUT2D eigenvalue weighted by Crippen LogP contribution is 2.67. The third kappa shape index (κ3) is 4.09. The molecule has 2 N–H and O–H groups in total. The van der Waals surface area contributed by atoms with E-state index in [4.69, 9.17) is 0 Å². The minimum Gasteiger partial charge on any atom is -0.351 e. The van der Waals surface area contributed by atoms with Gasteiger partial charge in [-0.3, -0.25) is 9.59 Å². The molecule has 0 spiro atoms. The molecule has 4 nitrogen and oxygen atoms in total. The SMILES string of the molecule is O=C(NCCC12CC3CC(C1)CC(CCNC(=O)c1cccs1)(C3)C2)c1cccs1. The number of hydrogen-bond donors (Lipinski definition) is 2. The first-order chi connectivity index (χ1) is 14.5. The van der Waals surface area contributed by atoms with E-state index in [0.29, 0.717) is 10.8 Å². The molecule has 0 aliphatic heterocycles. The summed E-state index contributed by atoms with van der Waals surface area (Å²) >= 11 is 3.01. The average Bonchev–Trinajstić information content (AvgIpc) is 3.41. The van der Waals surface area contributed by atoms with Crippen LogP contribution in [-0.4, -0.2) is 24.9 Å². The van der Waals surface area contributed by atoms with Crippen molar-refractivity contribution in [2.75, 3.05) is 13.1 Å². The van der Waals surface area contributed by atoms with Crippen LogP contribution in [0.25, 0.3) is 0 Å². The third-order valence-corrected chi connectivity index (χ3v) is 9.41. The highest BCUT2D eigenvalue weighted by molar-refractivity contribution is 7.12. The third-order valence-electron chi connectivity index (χ3n) is 7.68. The van der Waals surface area contributed by atoms with Crippen molar-refractivity contribution in [3.8, 4) is 0 Å². The van der Waals surface area contributed by atoms with E-state index < -0.39 is 0 Å². The van der Waals surface area contributed by atoms with Gasteiger partial charge in [-0.05, 0) is 96.9 Å². The largest absolute Gasteiger partial charge is 0.351 e. The Hall–Kier alpha value is -1.66. The summed E-state index contributed by atoms with van der Waals surface area (Å²) < 4.78 is 0. The Morgan fingerprint density at radius 1 is 0.833 bits per heavy atom. The minimum atomic E-state index is 0.0701. The lowest BCUT2D eigenvalue weighted by molar-refractivity contribution is -0.116. The van der Waals surface area contributed by atoms with Gasteiger partial charge in [-0.15, -0.1) is 22.7 Å². The zero-order valence-corrected chi connectivity index (χ0v) is 19.0. The van der Waals surface area contributed by atoms with Crippen LogP contribution in [0.15, 0.2) is 35.0 Å². The zero-order valence-electron chi connectivity index (χ0n) is 17.3. The quantitative estimate of drug-likeness (QED) is 0.580. The van der Waals surface area contributed by atoms with Crippen molar-refractivity contribution in [1.82, 2.24) is 10.6 Å². The van der Waals surface area contributed by atoms with Gasteiger partial charge in [0.05, 0.1) is 9.75 Å². The van der Waals surface area contributed by atoms with Crippen LogP contribution in [0.4, 0.5) is 0 Å². The Bertz CT molecular complexity index is 806. The number of carbonyl (C=O) groups is 2. The highest BCUT2D eigenvalue weighted by Gasteiger charge is 2.56. The molecule has 6 rings (SSSR count). The van der Waals surface area contributed by atoms with Gasteiger partial charge in [0.25, 0.3) is 11.8 Å². The summed E-state index contributed by atoms with van der Waals surface area (Å²) in [4.78, 5) is 26.2.